The van der Waals surface area contributed by atoms with Crippen molar-refractivity contribution in [3.63, 3.8) is 0 Å². The van der Waals surface area contributed by atoms with Gasteiger partial charge < -0.3 is 10.2 Å². The summed E-state index contributed by atoms with van der Waals surface area (Å²) in [6.07, 6.45) is -0.00963. The van der Waals surface area contributed by atoms with Crippen molar-refractivity contribution in [1.29, 1.82) is 0 Å². The molecule has 1 N–H and O–H groups in total. The Morgan fingerprint density at radius 3 is 2.15 bits per heavy atom. The first-order valence-corrected chi connectivity index (χ1v) is 9.16. The minimum atomic E-state index is -0.676. The third kappa shape index (κ3) is 4.91. The van der Waals surface area contributed by atoms with Gasteiger partial charge in [-0.05, 0) is 36.2 Å². The van der Waals surface area contributed by atoms with Gasteiger partial charge in [0.25, 0.3) is 0 Å². The molecule has 0 aliphatic heterocycles. The van der Waals surface area contributed by atoms with Gasteiger partial charge in [0.15, 0.2) is 0 Å². The molecule has 2 amide bonds. The minimum Gasteiger partial charge on any atom is -0.357 e. The van der Waals surface area contributed by atoms with Gasteiger partial charge in [-0.2, -0.15) is 0 Å². The van der Waals surface area contributed by atoms with Crippen molar-refractivity contribution in [2.24, 2.45) is 0 Å². The molecule has 0 spiro atoms. The van der Waals surface area contributed by atoms with E-state index in [0.717, 1.165) is 5.56 Å². The maximum Gasteiger partial charge on any atom is 0.242 e. The number of carbonyl (C=O) groups excluding carboxylic acids is 2. The van der Waals surface area contributed by atoms with Crippen LogP contribution in [0.1, 0.15) is 18.1 Å². The highest BCUT2D eigenvalue weighted by Gasteiger charge is 2.27. The molecule has 0 fully saturated rings. The fourth-order valence-corrected chi connectivity index (χ4v) is 3.28. The molecular weight excluding hydrogens is 395 g/mol. The monoisotopic (exact) mass is 412 g/mol. The molecule has 2 rings (SSSR count). The molecule has 0 aromatic heterocycles. The maximum absolute atomic E-state index is 13.0. The number of carbonyl (C=O) groups is 2. The van der Waals surface area contributed by atoms with Crippen LogP contribution in [-0.2, 0) is 22.6 Å². The molecule has 0 heterocycles. The first-order valence-electron chi connectivity index (χ1n) is 8.02. The Kier molecular flexibility index (Phi) is 7.33. The molecule has 0 radical (unpaired) electrons. The standard InChI is InChI=1S/C19H19Cl3N2O2/c1-12(19(26)23-2)24(11-13-6-3-4-7-15(13)20)18(25)10-14-16(21)8-5-9-17(14)22/h3-9,12H,10-11H2,1-2H3,(H,23,26). The van der Waals surface area contributed by atoms with Crippen molar-refractivity contribution in [3.8, 4) is 0 Å². The highest BCUT2D eigenvalue weighted by molar-refractivity contribution is 6.36. The molecule has 0 saturated heterocycles. The lowest BCUT2D eigenvalue weighted by atomic mass is 10.1. The zero-order valence-corrected chi connectivity index (χ0v) is 16.7. The lowest BCUT2D eigenvalue weighted by Crippen LogP contribution is -2.47. The molecule has 0 aliphatic carbocycles. The van der Waals surface area contributed by atoms with Gasteiger partial charge >= 0.3 is 0 Å². The Hall–Kier alpha value is -1.75. The van der Waals surface area contributed by atoms with Gasteiger partial charge in [0, 0.05) is 28.7 Å². The Bertz CT molecular complexity index is 791. The van der Waals surface area contributed by atoms with Crippen LogP contribution >= 0.6 is 34.8 Å². The molecule has 26 heavy (non-hydrogen) atoms. The number of hydrogen-bond donors (Lipinski definition) is 1. The van der Waals surface area contributed by atoms with E-state index in [1.54, 1.807) is 31.2 Å². The van der Waals surface area contributed by atoms with E-state index in [1.165, 1.54) is 11.9 Å². The summed E-state index contributed by atoms with van der Waals surface area (Å²) < 4.78 is 0. The highest BCUT2D eigenvalue weighted by Crippen LogP contribution is 2.26. The number of halogens is 3. The van der Waals surface area contributed by atoms with Gasteiger partial charge in [0.2, 0.25) is 11.8 Å². The molecule has 1 unspecified atom stereocenters. The number of amides is 2. The Balaban J connectivity index is 2.32. The number of nitrogens with one attached hydrogen (secondary N) is 1. The van der Waals surface area contributed by atoms with Gasteiger partial charge in [0.1, 0.15) is 6.04 Å². The van der Waals surface area contributed by atoms with Gasteiger partial charge in [-0.25, -0.2) is 0 Å². The van der Waals surface area contributed by atoms with Crippen LogP contribution in [0.5, 0.6) is 0 Å². The van der Waals surface area contributed by atoms with Crippen LogP contribution in [0, 0.1) is 0 Å². The fourth-order valence-electron chi connectivity index (χ4n) is 2.56. The van der Waals surface area contributed by atoms with E-state index in [2.05, 4.69) is 5.32 Å². The van der Waals surface area contributed by atoms with E-state index in [-0.39, 0.29) is 24.8 Å². The topological polar surface area (TPSA) is 49.4 Å². The normalized spacial score (nSPS) is 11.7. The molecule has 2 aromatic carbocycles. The Labute approximate surface area is 168 Å². The molecule has 0 bridgehead atoms. The average Bonchev–Trinajstić information content (AvgIpc) is 2.62. The van der Waals surface area contributed by atoms with E-state index < -0.39 is 6.04 Å². The summed E-state index contributed by atoms with van der Waals surface area (Å²) in [7, 11) is 1.53. The number of hydrogen-bond acceptors (Lipinski definition) is 2. The second-order valence-corrected chi connectivity index (χ2v) is 7.00. The average molecular weight is 414 g/mol. The van der Waals surface area contributed by atoms with Crippen molar-refractivity contribution >= 4 is 46.6 Å². The van der Waals surface area contributed by atoms with Gasteiger partial charge in [-0.3, -0.25) is 9.59 Å². The molecule has 0 saturated carbocycles. The predicted molar refractivity (Wildman–Crippen MR) is 106 cm³/mol. The van der Waals surface area contributed by atoms with Gasteiger partial charge in [-0.1, -0.05) is 59.1 Å². The summed E-state index contributed by atoms with van der Waals surface area (Å²) in [5.41, 5.74) is 1.29. The van der Waals surface area contributed by atoms with Crippen molar-refractivity contribution in [1.82, 2.24) is 10.2 Å². The quantitative estimate of drug-likeness (QED) is 0.765. The molecule has 7 heteroatoms. The van der Waals surface area contributed by atoms with Gasteiger partial charge in [0.05, 0.1) is 6.42 Å². The molecule has 2 aromatic rings. The van der Waals surface area contributed by atoms with Crippen LogP contribution in [0.25, 0.3) is 0 Å². The summed E-state index contributed by atoms with van der Waals surface area (Å²) in [6, 6.07) is 11.6. The van der Waals surface area contributed by atoms with Crippen molar-refractivity contribution in [3.05, 3.63) is 68.7 Å². The van der Waals surface area contributed by atoms with Crippen LogP contribution in [0.3, 0.4) is 0 Å². The van der Waals surface area contributed by atoms with Crippen LogP contribution in [-0.4, -0.2) is 29.8 Å². The van der Waals surface area contributed by atoms with Crippen LogP contribution < -0.4 is 5.32 Å². The molecular formula is C19H19Cl3N2O2. The van der Waals surface area contributed by atoms with E-state index >= 15 is 0 Å². The van der Waals surface area contributed by atoms with E-state index in [9.17, 15) is 9.59 Å². The molecule has 1 atom stereocenters. The van der Waals surface area contributed by atoms with Crippen LogP contribution in [0.15, 0.2) is 42.5 Å². The number of likely N-dealkylation sites (N-methyl/N-ethyl adjacent to an activating group) is 1. The second kappa shape index (κ2) is 9.26. The van der Waals surface area contributed by atoms with E-state index in [0.29, 0.717) is 20.6 Å². The third-order valence-corrected chi connectivity index (χ3v) is 5.18. The fraction of sp³-hybridized carbons (Fsp3) is 0.263. The summed E-state index contributed by atoms with van der Waals surface area (Å²) in [5, 5.41) is 3.93. The lowest BCUT2D eigenvalue weighted by Gasteiger charge is -2.29. The maximum atomic E-state index is 13.0. The predicted octanol–water partition coefficient (Wildman–Crippen LogP) is 4.35. The smallest absolute Gasteiger partial charge is 0.242 e. The Morgan fingerprint density at radius 1 is 1.00 bits per heavy atom. The number of nitrogens with zero attached hydrogens (tertiary/aromatic N) is 1. The van der Waals surface area contributed by atoms with Crippen molar-refractivity contribution in [2.75, 3.05) is 7.05 Å². The first-order chi connectivity index (χ1) is 12.3. The first kappa shape index (κ1) is 20.6. The zero-order chi connectivity index (χ0) is 19.3. The van der Waals surface area contributed by atoms with E-state index in [1.807, 2.05) is 18.2 Å². The summed E-state index contributed by atoms with van der Waals surface area (Å²) >= 11 is 18.6. The number of benzene rings is 2. The summed E-state index contributed by atoms with van der Waals surface area (Å²) in [4.78, 5) is 26.6. The van der Waals surface area contributed by atoms with Crippen LogP contribution in [0.4, 0.5) is 0 Å². The minimum absolute atomic E-state index is 0.00963. The molecule has 0 aliphatic rings. The Morgan fingerprint density at radius 2 is 1.58 bits per heavy atom. The van der Waals surface area contributed by atoms with Crippen molar-refractivity contribution < 1.29 is 9.59 Å². The lowest BCUT2D eigenvalue weighted by molar-refractivity contribution is -0.139. The summed E-state index contributed by atoms with van der Waals surface area (Å²) in [6.45, 7) is 1.87. The SMILES string of the molecule is CNC(=O)C(C)N(Cc1ccccc1Cl)C(=O)Cc1c(Cl)cccc1Cl. The second-order valence-electron chi connectivity index (χ2n) is 5.78. The molecule has 138 valence electrons. The van der Waals surface area contributed by atoms with Crippen LogP contribution in [0.2, 0.25) is 15.1 Å². The highest BCUT2D eigenvalue weighted by atomic mass is 35.5. The van der Waals surface area contributed by atoms with Gasteiger partial charge in [-0.15, -0.1) is 0 Å². The van der Waals surface area contributed by atoms with E-state index in [4.69, 9.17) is 34.8 Å². The third-order valence-electron chi connectivity index (χ3n) is 4.10. The largest absolute Gasteiger partial charge is 0.357 e. The van der Waals surface area contributed by atoms with Crippen molar-refractivity contribution in [2.45, 2.75) is 25.9 Å². The number of rotatable bonds is 6. The summed E-state index contributed by atoms with van der Waals surface area (Å²) in [5.74, 6) is -0.535. The molecule has 4 nitrogen and oxygen atoms in total. The zero-order valence-electron chi connectivity index (χ0n) is 14.4.